The van der Waals surface area contributed by atoms with Gasteiger partial charge in [0.1, 0.15) is 0 Å². The first-order chi connectivity index (χ1) is 9.04. The zero-order chi connectivity index (χ0) is 14.3. The molecule has 0 saturated carbocycles. The molecule has 0 radical (unpaired) electrons. The smallest absolute Gasteiger partial charge is 0.236 e. The van der Waals surface area contributed by atoms with Gasteiger partial charge in [-0.1, -0.05) is 13.3 Å². The Bertz CT molecular complexity index is 262. The summed E-state index contributed by atoms with van der Waals surface area (Å²) in [5, 5.41) is 2.93. The number of hydrogen-bond donors (Lipinski definition) is 2. The average Bonchev–Trinajstić information content (AvgIpc) is 2.39. The van der Waals surface area contributed by atoms with Crippen LogP contribution in [-0.4, -0.2) is 68.1 Å². The Balaban J connectivity index is 2.12. The first-order valence-corrected chi connectivity index (χ1v) is 7.46. The quantitative estimate of drug-likeness (QED) is 0.696. The monoisotopic (exact) mass is 270 g/mol. The molecule has 1 atom stereocenters. The summed E-state index contributed by atoms with van der Waals surface area (Å²) in [6.45, 7) is 5.94. The molecule has 0 aliphatic carbocycles. The summed E-state index contributed by atoms with van der Waals surface area (Å²) < 4.78 is 0. The summed E-state index contributed by atoms with van der Waals surface area (Å²) in [7, 11) is 4.30. The molecule has 1 amide bonds. The van der Waals surface area contributed by atoms with Crippen molar-refractivity contribution in [2.24, 2.45) is 5.73 Å². The normalized spacial score (nSPS) is 19.6. The van der Waals surface area contributed by atoms with Gasteiger partial charge in [-0.3, -0.25) is 4.79 Å². The van der Waals surface area contributed by atoms with Crippen LogP contribution in [0.5, 0.6) is 0 Å². The van der Waals surface area contributed by atoms with Crippen LogP contribution in [0.1, 0.15) is 32.6 Å². The minimum absolute atomic E-state index is 0.00923. The summed E-state index contributed by atoms with van der Waals surface area (Å²) in [5.74, 6) is -0.00923. The molecule has 0 aromatic heterocycles. The summed E-state index contributed by atoms with van der Waals surface area (Å²) in [4.78, 5) is 16.4. The Morgan fingerprint density at radius 2 is 2.05 bits per heavy atom. The predicted octanol–water partition coefficient (Wildman–Crippen LogP) is 0.256. The molecule has 3 N–H and O–H groups in total. The van der Waals surface area contributed by atoms with Crippen molar-refractivity contribution in [3.8, 4) is 0 Å². The summed E-state index contributed by atoms with van der Waals surface area (Å²) in [6, 6.07) is 0.369. The fourth-order valence-electron chi connectivity index (χ4n) is 2.57. The first kappa shape index (κ1) is 16.4. The van der Waals surface area contributed by atoms with Crippen molar-refractivity contribution in [1.82, 2.24) is 15.1 Å². The molecule has 0 bridgehead atoms. The summed E-state index contributed by atoms with van der Waals surface area (Å²) >= 11 is 0. The van der Waals surface area contributed by atoms with E-state index in [9.17, 15) is 4.79 Å². The van der Waals surface area contributed by atoms with Gasteiger partial charge in [-0.25, -0.2) is 0 Å². The Hall–Kier alpha value is -0.650. The number of nitrogens with one attached hydrogen (secondary N) is 1. The number of nitrogens with zero attached hydrogens (tertiary/aromatic N) is 2. The van der Waals surface area contributed by atoms with E-state index in [4.69, 9.17) is 5.73 Å². The zero-order valence-corrected chi connectivity index (χ0v) is 12.7. The number of carbonyl (C=O) groups is 1. The van der Waals surface area contributed by atoms with E-state index >= 15 is 0 Å². The molecule has 0 spiro atoms. The second-order valence-corrected chi connectivity index (χ2v) is 5.72. The molecule has 1 heterocycles. The van der Waals surface area contributed by atoms with Crippen LogP contribution in [0.2, 0.25) is 0 Å². The van der Waals surface area contributed by atoms with E-state index in [1.165, 1.54) is 12.8 Å². The van der Waals surface area contributed by atoms with Crippen molar-refractivity contribution >= 4 is 5.91 Å². The van der Waals surface area contributed by atoms with E-state index in [0.717, 1.165) is 32.5 Å². The van der Waals surface area contributed by atoms with Crippen LogP contribution >= 0.6 is 0 Å². The Morgan fingerprint density at radius 1 is 1.42 bits per heavy atom. The lowest BCUT2D eigenvalue weighted by atomic mass is 10.0. The SMILES string of the molecule is CCCC(N)C(=O)NCCN1CCC(N(C)C)CC1. The molecule has 112 valence electrons. The lowest BCUT2D eigenvalue weighted by molar-refractivity contribution is -0.122. The third-order valence-electron chi connectivity index (χ3n) is 3.95. The van der Waals surface area contributed by atoms with Gasteiger partial charge < -0.3 is 20.9 Å². The molecular formula is C14H30N4O. The molecule has 5 nitrogen and oxygen atoms in total. The molecule has 1 aliphatic heterocycles. The van der Waals surface area contributed by atoms with Crippen molar-refractivity contribution in [2.75, 3.05) is 40.3 Å². The summed E-state index contributed by atoms with van der Waals surface area (Å²) in [6.07, 6.45) is 4.15. The molecule has 1 fully saturated rings. The second kappa shape index (κ2) is 8.51. The maximum Gasteiger partial charge on any atom is 0.236 e. The lowest BCUT2D eigenvalue weighted by Gasteiger charge is -2.35. The van der Waals surface area contributed by atoms with Gasteiger partial charge in [-0.15, -0.1) is 0 Å². The minimum Gasteiger partial charge on any atom is -0.353 e. The number of amides is 1. The van der Waals surface area contributed by atoms with E-state index in [1.807, 2.05) is 6.92 Å². The second-order valence-electron chi connectivity index (χ2n) is 5.72. The molecule has 5 heteroatoms. The van der Waals surface area contributed by atoms with Crippen LogP contribution < -0.4 is 11.1 Å². The Kier molecular flexibility index (Phi) is 7.34. The van der Waals surface area contributed by atoms with Gasteiger partial charge in [0.15, 0.2) is 0 Å². The topological polar surface area (TPSA) is 61.6 Å². The van der Waals surface area contributed by atoms with Crippen LogP contribution in [0.3, 0.4) is 0 Å². The van der Waals surface area contributed by atoms with E-state index in [-0.39, 0.29) is 11.9 Å². The van der Waals surface area contributed by atoms with Gasteiger partial charge in [0, 0.05) is 19.1 Å². The fourth-order valence-corrected chi connectivity index (χ4v) is 2.57. The maximum atomic E-state index is 11.7. The molecule has 0 aromatic carbocycles. The lowest BCUT2D eigenvalue weighted by Crippen LogP contribution is -2.46. The van der Waals surface area contributed by atoms with Crippen molar-refractivity contribution in [3.63, 3.8) is 0 Å². The van der Waals surface area contributed by atoms with Crippen molar-refractivity contribution < 1.29 is 4.79 Å². The fraction of sp³-hybridized carbons (Fsp3) is 0.929. The Morgan fingerprint density at radius 3 is 2.58 bits per heavy atom. The number of piperidine rings is 1. The highest BCUT2D eigenvalue weighted by Crippen LogP contribution is 2.13. The molecule has 1 unspecified atom stereocenters. The van der Waals surface area contributed by atoms with Crippen LogP contribution in [0.25, 0.3) is 0 Å². The van der Waals surface area contributed by atoms with E-state index in [1.54, 1.807) is 0 Å². The molecular weight excluding hydrogens is 240 g/mol. The number of hydrogen-bond acceptors (Lipinski definition) is 4. The molecule has 1 aliphatic rings. The van der Waals surface area contributed by atoms with Crippen LogP contribution in [0, 0.1) is 0 Å². The number of rotatable bonds is 7. The Labute approximate surface area is 117 Å². The van der Waals surface area contributed by atoms with Gasteiger partial charge in [-0.2, -0.15) is 0 Å². The highest BCUT2D eigenvalue weighted by Gasteiger charge is 2.20. The van der Waals surface area contributed by atoms with Crippen LogP contribution in [0.4, 0.5) is 0 Å². The molecule has 1 rings (SSSR count). The van der Waals surface area contributed by atoms with E-state index < -0.39 is 0 Å². The highest BCUT2D eigenvalue weighted by atomic mass is 16.2. The first-order valence-electron chi connectivity index (χ1n) is 7.46. The van der Waals surface area contributed by atoms with E-state index in [0.29, 0.717) is 12.6 Å². The third-order valence-corrected chi connectivity index (χ3v) is 3.95. The van der Waals surface area contributed by atoms with E-state index in [2.05, 4.69) is 29.2 Å². The van der Waals surface area contributed by atoms with Gasteiger partial charge >= 0.3 is 0 Å². The molecule has 19 heavy (non-hydrogen) atoms. The average molecular weight is 270 g/mol. The number of carbonyl (C=O) groups excluding carboxylic acids is 1. The van der Waals surface area contributed by atoms with Crippen LogP contribution in [0.15, 0.2) is 0 Å². The van der Waals surface area contributed by atoms with Gasteiger partial charge in [0.25, 0.3) is 0 Å². The maximum absolute atomic E-state index is 11.7. The number of likely N-dealkylation sites (tertiary alicyclic amines) is 1. The predicted molar refractivity (Wildman–Crippen MR) is 79.0 cm³/mol. The van der Waals surface area contributed by atoms with Crippen LogP contribution in [-0.2, 0) is 4.79 Å². The molecule has 0 aromatic rings. The van der Waals surface area contributed by atoms with Crippen molar-refractivity contribution in [3.05, 3.63) is 0 Å². The van der Waals surface area contributed by atoms with Gasteiger partial charge in [0.05, 0.1) is 6.04 Å². The van der Waals surface area contributed by atoms with Crippen molar-refractivity contribution in [1.29, 1.82) is 0 Å². The summed E-state index contributed by atoms with van der Waals surface area (Å²) in [5.41, 5.74) is 5.77. The zero-order valence-electron chi connectivity index (χ0n) is 12.7. The van der Waals surface area contributed by atoms with Crippen molar-refractivity contribution in [2.45, 2.75) is 44.7 Å². The number of nitrogens with two attached hydrogens (primary N) is 1. The minimum atomic E-state index is -0.343. The molecule has 1 saturated heterocycles. The third kappa shape index (κ3) is 5.89. The standard InChI is InChI=1S/C14H30N4O/c1-4-5-13(15)14(19)16-8-11-18-9-6-12(7-10-18)17(2)3/h12-13H,4-11,15H2,1-3H3,(H,16,19). The van der Waals surface area contributed by atoms with Gasteiger partial charge in [0.2, 0.25) is 5.91 Å². The highest BCUT2D eigenvalue weighted by molar-refractivity contribution is 5.81. The largest absolute Gasteiger partial charge is 0.353 e. The van der Waals surface area contributed by atoms with Gasteiger partial charge in [-0.05, 0) is 46.4 Å².